The highest BCUT2D eigenvalue weighted by Gasteiger charge is 2.22. The second-order valence-electron chi connectivity index (χ2n) is 4.96. The lowest BCUT2D eigenvalue weighted by atomic mass is 10.1. The van der Waals surface area contributed by atoms with Crippen LogP contribution in [0, 0.1) is 0 Å². The number of nitrogens with one attached hydrogen (secondary N) is 1. The summed E-state index contributed by atoms with van der Waals surface area (Å²) in [5.74, 6) is -0.0711. The van der Waals surface area contributed by atoms with E-state index in [1.807, 2.05) is 0 Å². The molecule has 0 aliphatic carbocycles. The van der Waals surface area contributed by atoms with E-state index in [1.54, 1.807) is 29.2 Å². The van der Waals surface area contributed by atoms with Gasteiger partial charge < -0.3 is 21.1 Å². The third-order valence-corrected chi connectivity index (χ3v) is 3.35. The Morgan fingerprint density at radius 2 is 2.05 bits per heavy atom. The molecule has 0 bridgehead atoms. The Morgan fingerprint density at radius 1 is 1.35 bits per heavy atom. The number of rotatable bonds is 3. The Kier molecular flexibility index (Phi) is 4.57. The molecule has 6 nitrogen and oxygen atoms in total. The quantitative estimate of drug-likeness (QED) is 0.748. The molecule has 108 valence electrons. The van der Waals surface area contributed by atoms with Gasteiger partial charge in [0, 0.05) is 25.2 Å². The Labute approximate surface area is 117 Å². The van der Waals surface area contributed by atoms with Gasteiger partial charge in [0.05, 0.1) is 6.10 Å². The third kappa shape index (κ3) is 3.71. The molecule has 3 amide bonds. The molecule has 0 unspecified atom stereocenters. The van der Waals surface area contributed by atoms with Crippen LogP contribution in [0.3, 0.4) is 0 Å². The fourth-order valence-corrected chi connectivity index (χ4v) is 2.28. The summed E-state index contributed by atoms with van der Waals surface area (Å²) < 4.78 is 0. The molecular formula is C14H19N3O3. The van der Waals surface area contributed by atoms with E-state index in [0.29, 0.717) is 25.2 Å². The number of urea groups is 1. The van der Waals surface area contributed by atoms with Crippen molar-refractivity contribution in [3.05, 3.63) is 35.4 Å². The maximum absolute atomic E-state index is 12.2. The number of benzene rings is 1. The number of amides is 3. The number of hydrogen-bond acceptors (Lipinski definition) is 3. The topological polar surface area (TPSA) is 95.7 Å². The Balaban J connectivity index is 1.98. The maximum atomic E-state index is 12.2. The van der Waals surface area contributed by atoms with Crippen molar-refractivity contribution in [1.82, 2.24) is 10.2 Å². The lowest BCUT2D eigenvalue weighted by Crippen LogP contribution is -2.42. The average Bonchev–Trinajstić information content (AvgIpc) is 2.45. The largest absolute Gasteiger partial charge is 0.391 e. The normalized spacial score (nSPS) is 18.6. The summed E-state index contributed by atoms with van der Waals surface area (Å²) in [6.07, 6.45) is 1.15. The first-order valence-corrected chi connectivity index (χ1v) is 6.66. The van der Waals surface area contributed by atoms with E-state index in [9.17, 15) is 14.7 Å². The zero-order valence-corrected chi connectivity index (χ0v) is 11.2. The van der Waals surface area contributed by atoms with Crippen LogP contribution in [0.4, 0.5) is 4.79 Å². The minimum atomic E-state index is -0.576. The number of carbonyl (C=O) groups excluding carboxylic acids is 2. The number of primary amides is 1. The van der Waals surface area contributed by atoms with Crippen LogP contribution in [0.25, 0.3) is 0 Å². The molecule has 0 aromatic heterocycles. The number of nitrogens with zero attached hydrogens (tertiary/aromatic N) is 1. The predicted molar refractivity (Wildman–Crippen MR) is 74.0 cm³/mol. The van der Waals surface area contributed by atoms with Crippen LogP contribution in [0.15, 0.2) is 24.3 Å². The second kappa shape index (κ2) is 6.38. The van der Waals surface area contributed by atoms with Gasteiger partial charge >= 0.3 is 6.03 Å². The van der Waals surface area contributed by atoms with Gasteiger partial charge in [-0.2, -0.15) is 0 Å². The Morgan fingerprint density at radius 3 is 2.65 bits per heavy atom. The number of nitrogens with two attached hydrogens (primary N) is 1. The van der Waals surface area contributed by atoms with Gasteiger partial charge in [0.2, 0.25) is 0 Å². The van der Waals surface area contributed by atoms with E-state index < -0.39 is 12.1 Å². The number of aliphatic hydroxyl groups is 1. The van der Waals surface area contributed by atoms with Gasteiger partial charge in [-0.15, -0.1) is 0 Å². The van der Waals surface area contributed by atoms with Crippen molar-refractivity contribution in [2.75, 3.05) is 13.1 Å². The summed E-state index contributed by atoms with van der Waals surface area (Å²) in [5, 5.41) is 12.1. The number of likely N-dealkylation sites (tertiary alicyclic amines) is 1. The standard InChI is InChI=1S/C14H19N3O3/c15-14(20)16-8-10-3-5-11(6-4-10)13(19)17-7-1-2-12(18)9-17/h3-6,12,18H,1-2,7-9H2,(H3,15,16,20)/t12-/m0/s1. The monoisotopic (exact) mass is 277 g/mol. The van der Waals surface area contributed by atoms with Gasteiger partial charge in [0.15, 0.2) is 0 Å². The maximum Gasteiger partial charge on any atom is 0.312 e. The first-order valence-electron chi connectivity index (χ1n) is 6.66. The van der Waals surface area contributed by atoms with Crippen LogP contribution in [0.2, 0.25) is 0 Å². The summed E-state index contributed by atoms with van der Waals surface area (Å²) in [5.41, 5.74) is 6.45. The molecular weight excluding hydrogens is 258 g/mol. The molecule has 6 heteroatoms. The minimum absolute atomic E-state index is 0.0711. The number of hydrogen-bond donors (Lipinski definition) is 3. The molecule has 20 heavy (non-hydrogen) atoms. The lowest BCUT2D eigenvalue weighted by Gasteiger charge is -2.30. The molecule has 1 heterocycles. The lowest BCUT2D eigenvalue weighted by molar-refractivity contribution is 0.0474. The first-order chi connectivity index (χ1) is 9.56. The van der Waals surface area contributed by atoms with Gasteiger partial charge in [-0.05, 0) is 30.5 Å². The van der Waals surface area contributed by atoms with E-state index in [-0.39, 0.29) is 5.91 Å². The van der Waals surface area contributed by atoms with Crippen molar-refractivity contribution in [2.24, 2.45) is 5.73 Å². The smallest absolute Gasteiger partial charge is 0.312 e. The van der Waals surface area contributed by atoms with Gasteiger partial charge in [-0.25, -0.2) is 4.79 Å². The zero-order chi connectivity index (χ0) is 14.5. The van der Waals surface area contributed by atoms with Crippen LogP contribution in [-0.2, 0) is 6.54 Å². The van der Waals surface area contributed by atoms with Crippen molar-refractivity contribution >= 4 is 11.9 Å². The zero-order valence-electron chi connectivity index (χ0n) is 11.2. The number of carbonyl (C=O) groups is 2. The molecule has 0 spiro atoms. The van der Waals surface area contributed by atoms with Gasteiger partial charge in [-0.1, -0.05) is 12.1 Å². The number of piperidine rings is 1. The van der Waals surface area contributed by atoms with Gasteiger partial charge in [-0.3, -0.25) is 4.79 Å². The molecule has 1 atom stereocenters. The molecule has 1 saturated heterocycles. The summed E-state index contributed by atoms with van der Waals surface area (Å²) in [6, 6.07) is 6.43. The van der Waals surface area contributed by atoms with E-state index in [4.69, 9.17) is 5.73 Å². The van der Waals surface area contributed by atoms with Crippen molar-refractivity contribution in [3.63, 3.8) is 0 Å². The number of aliphatic hydroxyl groups excluding tert-OH is 1. The van der Waals surface area contributed by atoms with Crippen LogP contribution >= 0.6 is 0 Å². The molecule has 1 fully saturated rings. The SMILES string of the molecule is NC(=O)NCc1ccc(C(=O)N2CCC[C@H](O)C2)cc1. The molecule has 0 radical (unpaired) electrons. The Bertz CT molecular complexity index is 487. The van der Waals surface area contributed by atoms with E-state index >= 15 is 0 Å². The van der Waals surface area contributed by atoms with E-state index in [0.717, 1.165) is 18.4 Å². The van der Waals surface area contributed by atoms with Crippen LogP contribution in [-0.4, -0.2) is 41.1 Å². The van der Waals surface area contributed by atoms with Crippen LogP contribution in [0.5, 0.6) is 0 Å². The molecule has 2 rings (SSSR count). The summed E-state index contributed by atoms with van der Waals surface area (Å²) >= 11 is 0. The highest BCUT2D eigenvalue weighted by Crippen LogP contribution is 2.14. The van der Waals surface area contributed by atoms with E-state index in [1.165, 1.54) is 0 Å². The average molecular weight is 277 g/mol. The molecule has 1 aromatic carbocycles. The summed E-state index contributed by atoms with van der Waals surface area (Å²) in [7, 11) is 0. The molecule has 1 aliphatic rings. The fourth-order valence-electron chi connectivity index (χ4n) is 2.28. The summed E-state index contributed by atoms with van der Waals surface area (Å²) in [4.78, 5) is 24.5. The van der Waals surface area contributed by atoms with Crippen molar-refractivity contribution in [2.45, 2.75) is 25.5 Å². The van der Waals surface area contributed by atoms with Crippen molar-refractivity contribution < 1.29 is 14.7 Å². The minimum Gasteiger partial charge on any atom is -0.391 e. The van der Waals surface area contributed by atoms with E-state index in [2.05, 4.69) is 5.32 Å². The molecule has 4 N–H and O–H groups in total. The second-order valence-corrected chi connectivity index (χ2v) is 4.96. The highest BCUT2D eigenvalue weighted by atomic mass is 16.3. The third-order valence-electron chi connectivity index (χ3n) is 3.35. The number of β-amino-alcohol motifs (C(OH)–C–C–N with tert-alkyl or cyclic N) is 1. The van der Waals surface area contributed by atoms with Crippen LogP contribution in [0.1, 0.15) is 28.8 Å². The predicted octanol–water partition coefficient (Wildman–Crippen LogP) is 0.452. The molecule has 1 aromatic rings. The summed E-state index contributed by atoms with van der Waals surface area (Å²) in [6.45, 7) is 1.41. The van der Waals surface area contributed by atoms with Gasteiger partial charge in [0.25, 0.3) is 5.91 Å². The molecule has 0 saturated carbocycles. The van der Waals surface area contributed by atoms with Crippen LogP contribution < -0.4 is 11.1 Å². The van der Waals surface area contributed by atoms with Crippen molar-refractivity contribution in [1.29, 1.82) is 0 Å². The van der Waals surface area contributed by atoms with Crippen molar-refractivity contribution in [3.8, 4) is 0 Å². The Hall–Kier alpha value is -2.08. The van der Waals surface area contributed by atoms with Gasteiger partial charge in [0.1, 0.15) is 0 Å². The highest BCUT2D eigenvalue weighted by molar-refractivity contribution is 5.94. The molecule has 1 aliphatic heterocycles. The first kappa shape index (κ1) is 14.3. The fraction of sp³-hybridized carbons (Fsp3) is 0.429.